The third-order valence-electron chi connectivity index (χ3n) is 4.90. The van der Waals surface area contributed by atoms with Crippen molar-refractivity contribution in [2.24, 2.45) is 5.92 Å². The highest BCUT2D eigenvalue weighted by Crippen LogP contribution is 2.26. The van der Waals surface area contributed by atoms with Crippen molar-refractivity contribution in [3.63, 3.8) is 0 Å². The minimum atomic E-state index is -0.537. The first-order valence-corrected chi connectivity index (χ1v) is 9.10. The Kier molecular flexibility index (Phi) is 5.01. The summed E-state index contributed by atoms with van der Waals surface area (Å²) in [6.07, 6.45) is 6.85. The van der Waals surface area contributed by atoms with Gasteiger partial charge in [-0.3, -0.25) is 9.69 Å². The molecular formula is C18H28N4O3. The summed E-state index contributed by atoms with van der Waals surface area (Å²) in [5.74, 6) is 1.63. The zero-order chi connectivity index (χ0) is 18.0. The van der Waals surface area contributed by atoms with Gasteiger partial charge in [0.1, 0.15) is 17.5 Å². The van der Waals surface area contributed by atoms with Crippen molar-refractivity contribution in [3.05, 3.63) is 18.2 Å². The molecule has 0 spiro atoms. The lowest BCUT2D eigenvalue weighted by Crippen LogP contribution is -2.60. The van der Waals surface area contributed by atoms with Crippen molar-refractivity contribution in [1.29, 1.82) is 0 Å². The number of aromatic nitrogens is 2. The molecule has 2 amide bonds. The van der Waals surface area contributed by atoms with Crippen LogP contribution in [0.1, 0.15) is 45.9 Å². The van der Waals surface area contributed by atoms with Crippen molar-refractivity contribution in [2.75, 3.05) is 19.6 Å². The Morgan fingerprint density at radius 3 is 2.48 bits per heavy atom. The van der Waals surface area contributed by atoms with Crippen LogP contribution in [0.4, 0.5) is 4.79 Å². The summed E-state index contributed by atoms with van der Waals surface area (Å²) in [6, 6.07) is -0.350. The molecule has 1 atom stereocenters. The SMILES string of the molecule is CC(C)(C)OC(=O)N1CC[C@@H]1C(=O)N1CCC(Cc2ncc[nH]2)CC1. The Balaban J connectivity index is 1.48. The molecule has 3 rings (SSSR count). The molecule has 0 bridgehead atoms. The van der Waals surface area contributed by atoms with Crippen molar-refractivity contribution in [1.82, 2.24) is 19.8 Å². The van der Waals surface area contributed by atoms with Crippen LogP contribution in [0.15, 0.2) is 12.4 Å². The fraction of sp³-hybridized carbons (Fsp3) is 0.722. The van der Waals surface area contributed by atoms with Crippen LogP contribution in [0.5, 0.6) is 0 Å². The van der Waals surface area contributed by atoms with E-state index in [2.05, 4.69) is 9.97 Å². The third kappa shape index (κ3) is 4.32. The van der Waals surface area contributed by atoms with Crippen molar-refractivity contribution in [3.8, 4) is 0 Å². The molecular weight excluding hydrogens is 320 g/mol. The second-order valence-electron chi connectivity index (χ2n) is 7.99. The van der Waals surface area contributed by atoms with E-state index in [9.17, 15) is 9.59 Å². The summed E-state index contributed by atoms with van der Waals surface area (Å²) in [7, 11) is 0. The Bertz CT molecular complexity index is 600. The van der Waals surface area contributed by atoms with Gasteiger partial charge in [0.15, 0.2) is 0 Å². The van der Waals surface area contributed by atoms with Gasteiger partial charge in [-0.15, -0.1) is 0 Å². The number of imidazole rings is 1. The number of nitrogens with one attached hydrogen (secondary N) is 1. The average Bonchev–Trinajstić information content (AvgIpc) is 2.97. The van der Waals surface area contributed by atoms with Crippen molar-refractivity contribution >= 4 is 12.0 Å². The molecule has 1 aromatic heterocycles. The van der Waals surface area contributed by atoms with E-state index in [4.69, 9.17) is 4.74 Å². The summed E-state index contributed by atoms with van der Waals surface area (Å²) in [6.45, 7) is 7.62. The number of rotatable bonds is 3. The van der Waals surface area contributed by atoms with E-state index in [1.807, 2.05) is 31.9 Å². The van der Waals surface area contributed by atoms with Gasteiger partial charge in [0, 0.05) is 38.4 Å². The molecule has 2 aliphatic rings. The Labute approximate surface area is 148 Å². The number of ether oxygens (including phenoxy) is 1. The van der Waals surface area contributed by atoms with Gasteiger partial charge in [-0.05, 0) is 46.0 Å². The molecule has 0 radical (unpaired) electrons. The fourth-order valence-corrected chi connectivity index (χ4v) is 3.43. The number of amides is 2. The molecule has 0 aliphatic carbocycles. The smallest absolute Gasteiger partial charge is 0.410 e. The van der Waals surface area contributed by atoms with Crippen LogP contribution in [-0.2, 0) is 16.0 Å². The van der Waals surface area contributed by atoms with Crippen LogP contribution in [0.3, 0.4) is 0 Å². The molecule has 1 N–H and O–H groups in total. The zero-order valence-electron chi connectivity index (χ0n) is 15.3. The highest BCUT2D eigenvalue weighted by Gasteiger charge is 2.42. The van der Waals surface area contributed by atoms with E-state index in [-0.39, 0.29) is 18.0 Å². The lowest BCUT2D eigenvalue weighted by atomic mass is 9.92. The number of aromatic amines is 1. The minimum Gasteiger partial charge on any atom is -0.444 e. The van der Waals surface area contributed by atoms with Crippen LogP contribution in [0.25, 0.3) is 0 Å². The topological polar surface area (TPSA) is 78.5 Å². The summed E-state index contributed by atoms with van der Waals surface area (Å²) < 4.78 is 5.39. The predicted octanol–water partition coefficient (Wildman–Crippen LogP) is 2.20. The van der Waals surface area contributed by atoms with Gasteiger partial charge >= 0.3 is 6.09 Å². The quantitative estimate of drug-likeness (QED) is 0.908. The van der Waals surface area contributed by atoms with Crippen molar-refractivity contribution in [2.45, 2.75) is 58.1 Å². The molecule has 138 valence electrons. The molecule has 2 aliphatic heterocycles. The largest absolute Gasteiger partial charge is 0.444 e. The summed E-state index contributed by atoms with van der Waals surface area (Å²) in [4.78, 5) is 35.8. The molecule has 0 saturated carbocycles. The standard InChI is InChI=1S/C18H28N4O3/c1-18(2,3)25-17(24)22-11-6-14(22)16(23)21-9-4-13(5-10-21)12-15-19-7-8-20-15/h7-8,13-14H,4-6,9-12H2,1-3H3,(H,19,20)/t14-/m1/s1. The molecule has 7 heteroatoms. The van der Waals surface area contributed by atoms with E-state index in [1.165, 1.54) is 0 Å². The second-order valence-corrected chi connectivity index (χ2v) is 7.99. The van der Waals surface area contributed by atoms with Gasteiger partial charge < -0.3 is 14.6 Å². The van der Waals surface area contributed by atoms with Crippen molar-refractivity contribution < 1.29 is 14.3 Å². The molecule has 2 fully saturated rings. The van der Waals surface area contributed by atoms with Gasteiger partial charge in [-0.1, -0.05) is 0 Å². The van der Waals surface area contributed by atoms with Gasteiger partial charge in [0.25, 0.3) is 0 Å². The second kappa shape index (κ2) is 7.06. The zero-order valence-corrected chi connectivity index (χ0v) is 15.3. The summed E-state index contributed by atoms with van der Waals surface area (Å²) >= 11 is 0. The van der Waals surface area contributed by atoms with Gasteiger partial charge in [-0.2, -0.15) is 0 Å². The number of likely N-dealkylation sites (tertiary alicyclic amines) is 2. The van der Waals surface area contributed by atoms with Crippen LogP contribution >= 0.6 is 0 Å². The molecule has 25 heavy (non-hydrogen) atoms. The molecule has 1 aromatic rings. The number of piperidine rings is 1. The Morgan fingerprint density at radius 2 is 1.96 bits per heavy atom. The third-order valence-corrected chi connectivity index (χ3v) is 4.90. The van der Waals surface area contributed by atoms with Crippen LogP contribution in [-0.4, -0.2) is 63.0 Å². The number of H-pyrrole nitrogens is 1. The normalized spacial score (nSPS) is 21.8. The summed E-state index contributed by atoms with van der Waals surface area (Å²) in [5, 5.41) is 0. The number of carbonyl (C=O) groups excluding carboxylic acids is 2. The maximum absolute atomic E-state index is 12.7. The first-order valence-electron chi connectivity index (χ1n) is 9.10. The molecule has 0 aromatic carbocycles. The van der Waals surface area contributed by atoms with E-state index < -0.39 is 5.60 Å². The number of carbonyl (C=O) groups is 2. The molecule has 7 nitrogen and oxygen atoms in total. The highest BCUT2D eigenvalue weighted by molar-refractivity contribution is 5.87. The van der Waals surface area contributed by atoms with Crippen LogP contribution in [0, 0.1) is 5.92 Å². The Hall–Kier alpha value is -2.05. The maximum Gasteiger partial charge on any atom is 0.410 e. The van der Waals surface area contributed by atoms with Gasteiger partial charge in [-0.25, -0.2) is 9.78 Å². The van der Waals surface area contributed by atoms with E-state index in [1.54, 1.807) is 11.1 Å². The van der Waals surface area contributed by atoms with Crippen LogP contribution < -0.4 is 0 Å². The molecule has 2 saturated heterocycles. The highest BCUT2D eigenvalue weighted by atomic mass is 16.6. The van der Waals surface area contributed by atoms with E-state index in [0.717, 1.165) is 44.6 Å². The maximum atomic E-state index is 12.7. The van der Waals surface area contributed by atoms with Gasteiger partial charge in [0.05, 0.1) is 0 Å². The lowest BCUT2D eigenvalue weighted by molar-refractivity contribution is -0.142. The Morgan fingerprint density at radius 1 is 1.24 bits per heavy atom. The first-order chi connectivity index (χ1) is 11.8. The number of hydrogen-bond acceptors (Lipinski definition) is 4. The average molecular weight is 348 g/mol. The molecule has 3 heterocycles. The first kappa shape index (κ1) is 17.8. The number of nitrogens with zero attached hydrogens (tertiary/aromatic N) is 3. The predicted molar refractivity (Wildman–Crippen MR) is 92.9 cm³/mol. The van der Waals surface area contributed by atoms with E-state index >= 15 is 0 Å². The monoisotopic (exact) mass is 348 g/mol. The van der Waals surface area contributed by atoms with Gasteiger partial charge in [0.2, 0.25) is 5.91 Å². The van der Waals surface area contributed by atoms with E-state index in [0.29, 0.717) is 12.5 Å². The number of hydrogen-bond donors (Lipinski definition) is 1. The fourth-order valence-electron chi connectivity index (χ4n) is 3.43. The minimum absolute atomic E-state index is 0.0635. The lowest BCUT2D eigenvalue weighted by Gasteiger charge is -2.43. The summed E-state index contributed by atoms with van der Waals surface area (Å²) in [5.41, 5.74) is -0.537. The van der Waals surface area contributed by atoms with Crippen LogP contribution in [0.2, 0.25) is 0 Å². The molecule has 0 unspecified atom stereocenters.